The van der Waals surface area contributed by atoms with Crippen LogP contribution in [-0.4, -0.2) is 7.05 Å². The first kappa shape index (κ1) is 13.7. The van der Waals surface area contributed by atoms with Gasteiger partial charge in [0.25, 0.3) is 0 Å². The molecule has 0 saturated carbocycles. The van der Waals surface area contributed by atoms with Crippen molar-refractivity contribution in [2.75, 3.05) is 7.05 Å². The predicted octanol–water partition coefficient (Wildman–Crippen LogP) is 5.03. The first-order valence-corrected chi connectivity index (χ1v) is 7.05. The van der Waals surface area contributed by atoms with Crippen LogP contribution in [0.4, 0.5) is 0 Å². The summed E-state index contributed by atoms with van der Waals surface area (Å²) in [6.45, 7) is 2.12. The highest BCUT2D eigenvalue weighted by Crippen LogP contribution is 2.33. The third-order valence-electron chi connectivity index (χ3n) is 2.92. The number of hydrogen-bond acceptors (Lipinski definition) is 2. The lowest BCUT2D eigenvalue weighted by atomic mass is 10.1. The van der Waals surface area contributed by atoms with E-state index in [0.717, 1.165) is 28.0 Å². The van der Waals surface area contributed by atoms with Crippen LogP contribution >= 0.6 is 27.5 Å². The maximum absolute atomic E-state index is 6.02. The van der Waals surface area contributed by atoms with Crippen molar-refractivity contribution in [2.45, 2.75) is 19.4 Å². The molecular weight excluding hydrogens is 314 g/mol. The SMILES string of the molecule is CCC(NC)c1ccc(-c2cc(Cl)ccc2Br)o1. The van der Waals surface area contributed by atoms with Crippen LogP contribution in [0.5, 0.6) is 0 Å². The Kier molecular flexibility index (Phi) is 4.49. The minimum absolute atomic E-state index is 0.247. The average molecular weight is 329 g/mol. The smallest absolute Gasteiger partial charge is 0.135 e. The number of rotatable bonds is 4. The lowest BCUT2D eigenvalue weighted by Crippen LogP contribution is -2.14. The van der Waals surface area contributed by atoms with Crippen molar-refractivity contribution in [3.05, 3.63) is 45.6 Å². The molecule has 0 spiro atoms. The summed E-state index contributed by atoms with van der Waals surface area (Å²) in [5, 5.41) is 3.93. The molecule has 0 aliphatic rings. The van der Waals surface area contributed by atoms with Crippen molar-refractivity contribution in [3.63, 3.8) is 0 Å². The molecule has 2 rings (SSSR count). The molecule has 0 bridgehead atoms. The zero-order chi connectivity index (χ0) is 13.1. The van der Waals surface area contributed by atoms with E-state index < -0.39 is 0 Å². The van der Waals surface area contributed by atoms with Crippen LogP contribution in [0.15, 0.2) is 39.2 Å². The fourth-order valence-electron chi connectivity index (χ4n) is 1.92. The third kappa shape index (κ3) is 2.79. The van der Waals surface area contributed by atoms with Crippen molar-refractivity contribution >= 4 is 27.5 Å². The first-order chi connectivity index (χ1) is 8.65. The number of benzene rings is 1. The molecule has 0 aliphatic carbocycles. The summed E-state index contributed by atoms with van der Waals surface area (Å²) < 4.78 is 6.88. The largest absolute Gasteiger partial charge is 0.459 e. The van der Waals surface area contributed by atoms with E-state index in [2.05, 4.69) is 28.2 Å². The highest BCUT2D eigenvalue weighted by Gasteiger charge is 2.14. The van der Waals surface area contributed by atoms with Crippen molar-refractivity contribution in [1.82, 2.24) is 5.32 Å². The normalized spacial score (nSPS) is 12.7. The van der Waals surface area contributed by atoms with Crippen molar-refractivity contribution < 1.29 is 4.42 Å². The Balaban J connectivity index is 2.37. The summed E-state index contributed by atoms with van der Waals surface area (Å²) in [5.41, 5.74) is 0.972. The minimum atomic E-state index is 0.247. The van der Waals surface area contributed by atoms with Crippen LogP contribution in [0, 0.1) is 0 Å². The molecule has 1 aromatic heterocycles. The van der Waals surface area contributed by atoms with Gasteiger partial charge in [-0.3, -0.25) is 0 Å². The topological polar surface area (TPSA) is 25.2 Å². The Morgan fingerprint density at radius 2 is 2.11 bits per heavy atom. The van der Waals surface area contributed by atoms with Gasteiger partial charge in [-0.25, -0.2) is 0 Å². The Labute approximate surface area is 120 Å². The van der Waals surface area contributed by atoms with Gasteiger partial charge in [0, 0.05) is 15.1 Å². The fraction of sp³-hybridized carbons (Fsp3) is 0.286. The van der Waals surface area contributed by atoms with Gasteiger partial charge in [0.1, 0.15) is 11.5 Å². The van der Waals surface area contributed by atoms with E-state index in [-0.39, 0.29) is 6.04 Å². The molecule has 1 atom stereocenters. The maximum atomic E-state index is 6.02. The molecule has 2 aromatic rings. The Hall–Kier alpha value is -0.770. The van der Waals surface area contributed by atoms with Crippen molar-refractivity contribution in [1.29, 1.82) is 0 Å². The Bertz CT molecular complexity index is 534. The van der Waals surface area contributed by atoms with E-state index in [1.54, 1.807) is 0 Å². The second-order valence-corrected chi connectivity index (χ2v) is 5.37. The molecule has 1 aromatic carbocycles. The van der Waals surface area contributed by atoms with Crippen LogP contribution in [0.3, 0.4) is 0 Å². The minimum Gasteiger partial charge on any atom is -0.459 e. The van der Waals surface area contributed by atoms with E-state index in [1.807, 2.05) is 37.4 Å². The molecular formula is C14H15BrClNO. The third-order valence-corrected chi connectivity index (χ3v) is 3.85. The van der Waals surface area contributed by atoms with Gasteiger partial charge in [0.05, 0.1) is 6.04 Å². The van der Waals surface area contributed by atoms with Gasteiger partial charge in [0.15, 0.2) is 0 Å². The lowest BCUT2D eigenvalue weighted by molar-refractivity contribution is 0.431. The van der Waals surface area contributed by atoms with Gasteiger partial charge in [-0.05, 0) is 43.8 Å². The maximum Gasteiger partial charge on any atom is 0.135 e. The molecule has 0 radical (unpaired) electrons. The van der Waals surface area contributed by atoms with Gasteiger partial charge >= 0.3 is 0 Å². The van der Waals surface area contributed by atoms with Gasteiger partial charge in [0.2, 0.25) is 0 Å². The summed E-state index contributed by atoms with van der Waals surface area (Å²) >= 11 is 9.53. The zero-order valence-corrected chi connectivity index (χ0v) is 12.7. The number of furan rings is 1. The molecule has 0 saturated heterocycles. The quantitative estimate of drug-likeness (QED) is 0.851. The van der Waals surface area contributed by atoms with E-state index >= 15 is 0 Å². The molecule has 96 valence electrons. The van der Waals surface area contributed by atoms with Gasteiger partial charge in [-0.1, -0.05) is 34.5 Å². The number of halogens is 2. The highest BCUT2D eigenvalue weighted by molar-refractivity contribution is 9.10. The lowest BCUT2D eigenvalue weighted by Gasteiger charge is -2.10. The highest BCUT2D eigenvalue weighted by atomic mass is 79.9. The van der Waals surface area contributed by atoms with Crippen LogP contribution in [0.25, 0.3) is 11.3 Å². The van der Waals surface area contributed by atoms with Gasteiger partial charge < -0.3 is 9.73 Å². The predicted molar refractivity (Wildman–Crippen MR) is 78.9 cm³/mol. The van der Waals surface area contributed by atoms with Crippen LogP contribution in [-0.2, 0) is 0 Å². The summed E-state index contributed by atoms with van der Waals surface area (Å²) in [6.07, 6.45) is 0.986. The fourth-order valence-corrected chi connectivity index (χ4v) is 2.53. The van der Waals surface area contributed by atoms with Crippen LogP contribution in [0.1, 0.15) is 25.1 Å². The number of nitrogens with one attached hydrogen (secondary N) is 1. The van der Waals surface area contributed by atoms with E-state index in [0.29, 0.717) is 5.02 Å². The summed E-state index contributed by atoms with van der Waals surface area (Å²) in [7, 11) is 1.94. The molecule has 1 unspecified atom stereocenters. The molecule has 4 heteroatoms. The second-order valence-electron chi connectivity index (χ2n) is 4.08. The zero-order valence-electron chi connectivity index (χ0n) is 10.3. The summed E-state index contributed by atoms with van der Waals surface area (Å²) in [5.74, 6) is 1.77. The van der Waals surface area contributed by atoms with Crippen LogP contribution in [0.2, 0.25) is 5.02 Å². The Morgan fingerprint density at radius 1 is 1.33 bits per heavy atom. The number of hydrogen-bond donors (Lipinski definition) is 1. The molecule has 0 fully saturated rings. The van der Waals surface area contributed by atoms with Gasteiger partial charge in [-0.15, -0.1) is 0 Å². The molecule has 0 aliphatic heterocycles. The molecule has 1 heterocycles. The standard InChI is InChI=1S/C14H15BrClNO/c1-3-12(17-2)14-7-6-13(18-14)10-8-9(16)4-5-11(10)15/h4-8,12,17H,3H2,1-2H3. The van der Waals surface area contributed by atoms with Crippen molar-refractivity contribution in [2.24, 2.45) is 0 Å². The molecule has 2 nitrogen and oxygen atoms in total. The Morgan fingerprint density at radius 3 is 2.78 bits per heavy atom. The molecule has 18 heavy (non-hydrogen) atoms. The summed E-state index contributed by atoms with van der Waals surface area (Å²) in [6, 6.07) is 9.90. The van der Waals surface area contributed by atoms with Crippen molar-refractivity contribution in [3.8, 4) is 11.3 Å². The van der Waals surface area contributed by atoms with E-state index in [1.165, 1.54) is 0 Å². The first-order valence-electron chi connectivity index (χ1n) is 5.88. The van der Waals surface area contributed by atoms with E-state index in [4.69, 9.17) is 16.0 Å². The second kappa shape index (κ2) is 5.91. The van der Waals surface area contributed by atoms with Gasteiger partial charge in [-0.2, -0.15) is 0 Å². The van der Waals surface area contributed by atoms with E-state index in [9.17, 15) is 0 Å². The molecule has 0 amide bonds. The average Bonchev–Trinajstić information content (AvgIpc) is 2.83. The van der Waals surface area contributed by atoms with Crippen LogP contribution < -0.4 is 5.32 Å². The molecule has 1 N–H and O–H groups in total. The summed E-state index contributed by atoms with van der Waals surface area (Å²) in [4.78, 5) is 0. The monoisotopic (exact) mass is 327 g/mol.